The molecule has 28 heavy (non-hydrogen) atoms. The van der Waals surface area contributed by atoms with E-state index in [9.17, 15) is 9.90 Å². The van der Waals surface area contributed by atoms with Gasteiger partial charge in [0.1, 0.15) is 17.4 Å². The first-order chi connectivity index (χ1) is 13.6. The van der Waals surface area contributed by atoms with Crippen LogP contribution in [0.1, 0.15) is 40.6 Å². The van der Waals surface area contributed by atoms with Gasteiger partial charge in [-0.05, 0) is 38.0 Å². The van der Waals surface area contributed by atoms with Crippen LogP contribution >= 0.6 is 0 Å². The van der Waals surface area contributed by atoms with E-state index in [-0.39, 0.29) is 11.7 Å². The lowest BCUT2D eigenvalue weighted by Crippen LogP contribution is -2.38. The van der Waals surface area contributed by atoms with Crippen molar-refractivity contribution in [1.82, 2.24) is 14.9 Å². The lowest BCUT2D eigenvalue weighted by molar-refractivity contribution is 0.0711. The van der Waals surface area contributed by atoms with Gasteiger partial charge in [-0.25, -0.2) is 9.97 Å². The normalized spacial score (nSPS) is 18.3. The number of morpholine rings is 1. The maximum absolute atomic E-state index is 12.7. The van der Waals surface area contributed by atoms with Gasteiger partial charge in [-0.15, -0.1) is 0 Å². The third-order valence-corrected chi connectivity index (χ3v) is 5.47. The molecule has 1 aromatic heterocycles. The number of hydrogen-bond donors (Lipinski definition) is 1. The van der Waals surface area contributed by atoms with Crippen molar-refractivity contribution in [1.29, 1.82) is 0 Å². The standard InChI is InChI=1S/C21H26N4O3/c1-15-22-19(14-20(23-15)24-9-11-28-12-10-24)16-5-7-25(8-6-16)21(27)17-3-2-4-18(26)13-17/h2-4,13-14,16,26H,5-12H2,1H3. The van der Waals surface area contributed by atoms with Gasteiger partial charge in [-0.1, -0.05) is 6.07 Å². The molecule has 0 saturated carbocycles. The average molecular weight is 382 g/mol. The predicted octanol–water partition coefficient (Wildman–Crippen LogP) is 2.35. The van der Waals surface area contributed by atoms with Gasteiger partial charge in [0.05, 0.1) is 13.2 Å². The Morgan fingerprint density at radius 2 is 1.86 bits per heavy atom. The van der Waals surface area contributed by atoms with Crippen LogP contribution in [0.5, 0.6) is 5.75 Å². The highest BCUT2D eigenvalue weighted by molar-refractivity contribution is 5.94. The van der Waals surface area contributed by atoms with Crippen LogP contribution in [-0.4, -0.2) is 65.3 Å². The fourth-order valence-electron chi connectivity index (χ4n) is 3.94. The Kier molecular flexibility index (Phi) is 5.43. The number of ether oxygens (including phenoxy) is 1. The molecule has 4 rings (SSSR count). The Bertz CT molecular complexity index is 843. The number of aromatic hydroxyl groups is 1. The molecular formula is C21H26N4O3. The molecule has 148 valence electrons. The van der Waals surface area contributed by atoms with Crippen LogP contribution in [0.3, 0.4) is 0 Å². The van der Waals surface area contributed by atoms with Crippen LogP contribution in [0.15, 0.2) is 30.3 Å². The lowest BCUT2D eigenvalue weighted by Gasteiger charge is -2.33. The molecule has 2 aliphatic rings. The van der Waals surface area contributed by atoms with Crippen LogP contribution < -0.4 is 4.90 Å². The summed E-state index contributed by atoms with van der Waals surface area (Å²) >= 11 is 0. The molecule has 0 spiro atoms. The molecule has 2 saturated heterocycles. The van der Waals surface area contributed by atoms with E-state index in [2.05, 4.69) is 20.9 Å². The SMILES string of the molecule is Cc1nc(C2CCN(C(=O)c3cccc(O)c3)CC2)cc(N2CCOCC2)n1. The van der Waals surface area contributed by atoms with Gasteiger partial charge >= 0.3 is 0 Å². The molecule has 1 aromatic carbocycles. The molecule has 2 aromatic rings. The maximum Gasteiger partial charge on any atom is 0.253 e. The molecular weight excluding hydrogens is 356 g/mol. The molecule has 0 aliphatic carbocycles. The molecule has 7 heteroatoms. The van der Waals surface area contributed by atoms with Gasteiger partial charge < -0.3 is 19.6 Å². The lowest BCUT2D eigenvalue weighted by atomic mass is 9.92. The number of phenolic OH excluding ortho intramolecular Hbond substituents is 1. The van der Waals surface area contributed by atoms with Gasteiger partial charge in [0.25, 0.3) is 5.91 Å². The summed E-state index contributed by atoms with van der Waals surface area (Å²) in [6.07, 6.45) is 1.76. The number of amides is 1. The van der Waals surface area contributed by atoms with E-state index in [1.54, 1.807) is 18.2 Å². The van der Waals surface area contributed by atoms with E-state index in [1.165, 1.54) is 6.07 Å². The first-order valence-electron chi connectivity index (χ1n) is 9.87. The van der Waals surface area contributed by atoms with Crippen molar-refractivity contribution in [2.75, 3.05) is 44.3 Å². The molecule has 2 aliphatic heterocycles. The van der Waals surface area contributed by atoms with Gasteiger partial charge in [-0.3, -0.25) is 4.79 Å². The molecule has 3 heterocycles. The van der Waals surface area contributed by atoms with Crippen LogP contribution in [0.2, 0.25) is 0 Å². The predicted molar refractivity (Wildman–Crippen MR) is 106 cm³/mol. The first kappa shape index (κ1) is 18.7. The Morgan fingerprint density at radius 3 is 2.57 bits per heavy atom. The van der Waals surface area contributed by atoms with Crippen molar-refractivity contribution in [2.45, 2.75) is 25.7 Å². The number of likely N-dealkylation sites (tertiary alicyclic amines) is 1. The number of rotatable bonds is 3. The summed E-state index contributed by atoms with van der Waals surface area (Å²) in [4.78, 5) is 26.1. The van der Waals surface area contributed by atoms with E-state index in [1.807, 2.05) is 11.8 Å². The number of hydrogen-bond acceptors (Lipinski definition) is 6. The molecule has 0 atom stereocenters. The van der Waals surface area contributed by atoms with E-state index in [0.717, 1.165) is 56.5 Å². The van der Waals surface area contributed by atoms with E-state index in [0.29, 0.717) is 24.6 Å². The minimum absolute atomic E-state index is 0.0257. The maximum atomic E-state index is 12.7. The molecule has 0 unspecified atom stereocenters. The van der Waals surface area contributed by atoms with Crippen molar-refractivity contribution in [2.24, 2.45) is 0 Å². The third-order valence-electron chi connectivity index (χ3n) is 5.47. The monoisotopic (exact) mass is 382 g/mol. The first-order valence-corrected chi connectivity index (χ1v) is 9.87. The summed E-state index contributed by atoms with van der Waals surface area (Å²) in [7, 11) is 0. The van der Waals surface area contributed by atoms with Gasteiger partial charge in [-0.2, -0.15) is 0 Å². The highest BCUT2D eigenvalue weighted by atomic mass is 16.5. The second kappa shape index (κ2) is 8.14. The van der Waals surface area contributed by atoms with Crippen molar-refractivity contribution in [3.05, 3.63) is 47.4 Å². The van der Waals surface area contributed by atoms with E-state index >= 15 is 0 Å². The zero-order valence-electron chi connectivity index (χ0n) is 16.2. The number of aryl methyl sites for hydroxylation is 1. The van der Waals surface area contributed by atoms with E-state index in [4.69, 9.17) is 4.74 Å². The number of carbonyl (C=O) groups excluding carboxylic acids is 1. The second-order valence-corrected chi connectivity index (χ2v) is 7.41. The zero-order valence-corrected chi connectivity index (χ0v) is 16.2. The number of benzene rings is 1. The number of carbonyl (C=O) groups is 1. The van der Waals surface area contributed by atoms with Crippen LogP contribution in [0.4, 0.5) is 5.82 Å². The Morgan fingerprint density at radius 1 is 1.11 bits per heavy atom. The minimum Gasteiger partial charge on any atom is -0.508 e. The summed E-state index contributed by atoms with van der Waals surface area (Å²) < 4.78 is 5.44. The molecule has 0 bridgehead atoms. The van der Waals surface area contributed by atoms with Crippen molar-refractivity contribution in [3.63, 3.8) is 0 Å². The van der Waals surface area contributed by atoms with Gasteiger partial charge in [0, 0.05) is 49.4 Å². The summed E-state index contributed by atoms with van der Waals surface area (Å²) in [6.45, 7) is 6.49. The zero-order chi connectivity index (χ0) is 19.5. The Hall–Kier alpha value is -2.67. The summed E-state index contributed by atoms with van der Waals surface area (Å²) in [5.41, 5.74) is 1.60. The van der Waals surface area contributed by atoms with Crippen molar-refractivity contribution < 1.29 is 14.6 Å². The molecule has 1 amide bonds. The quantitative estimate of drug-likeness (QED) is 0.878. The molecule has 1 N–H and O–H groups in total. The number of aromatic nitrogens is 2. The summed E-state index contributed by atoms with van der Waals surface area (Å²) in [5, 5.41) is 9.61. The fraction of sp³-hybridized carbons (Fsp3) is 0.476. The second-order valence-electron chi connectivity index (χ2n) is 7.41. The molecule has 2 fully saturated rings. The van der Waals surface area contributed by atoms with Crippen molar-refractivity contribution >= 4 is 11.7 Å². The van der Waals surface area contributed by atoms with Crippen LogP contribution in [0, 0.1) is 6.92 Å². The highest BCUT2D eigenvalue weighted by Crippen LogP contribution is 2.29. The minimum atomic E-state index is -0.0257. The molecule has 7 nitrogen and oxygen atoms in total. The Labute approximate surface area is 165 Å². The van der Waals surface area contributed by atoms with Crippen LogP contribution in [-0.2, 0) is 4.74 Å². The third kappa shape index (κ3) is 4.09. The Balaban J connectivity index is 1.43. The van der Waals surface area contributed by atoms with Crippen LogP contribution in [0.25, 0.3) is 0 Å². The van der Waals surface area contributed by atoms with Gasteiger partial charge in [0.2, 0.25) is 0 Å². The number of nitrogens with zero attached hydrogens (tertiary/aromatic N) is 4. The summed E-state index contributed by atoms with van der Waals surface area (Å²) in [5.74, 6) is 2.19. The van der Waals surface area contributed by atoms with E-state index < -0.39 is 0 Å². The fourth-order valence-corrected chi connectivity index (χ4v) is 3.94. The topological polar surface area (TPSA) is 78.8 Å². The van der Waals surface area contributed by atoms with Crippen molar-refractivity contribution in [3.8, 4) is 5.75 Å². The average Bonchev–Trinajstić information content (AvgIpc) is 2.73. The largest absolute Gasteiger partial charge is 0.508 e. The summed E-state index contributed by atoms with van der Waals surface area (Å²) in [6, 6.07) is 8.65. The number of anilines is 1. The van der Waals surface area contributed by atoms with Gasteiger partial charge in [0.15, 0.2) is 0 Å². The molecule has 0 radical (unpaired) electrons. The number of piperidine rings is 1. The number of phenols is 1. The highest BCUT2D eigenvalue weighted by Gasteiger charge is 2.26. The smallest absolute Gasteiger partial charge is 0.253 e.